The van der Waals surface area contributed by atoms with Gasteiger partial charge in [-0.1, -0.05) is 6.07 Å². The van der Waals surface area contributed by atoms with E-state index in [2.05, 4.69) is 16.0 Å². The van der Waals surface area contributed by atoms with Crippen LogP contribution in [-0.2, 0) is 4.79 Å². The maximum atomic E-state index is 11.9. The predicted molar refractivity (Wildman–Crippen MR) is 74.3 cm³/mol. The van der Waals surface area contributed by atoms with Crippen LogP contribution in [0.2, 0.25) is 0 Å². The summed E-state index contributed by atoms with van der Waals surface area (Å²) in [6.07, 6.45) is 0. The molecule has 1 atom stereocenters. The molecular formula is C13H21N3O2. The Morgan fingerprint density at radius 3 is 2.72 bits per heavy atom. The zero-order valence-electron chi connectivity index (χ0n) is 11.3. The van der Waals surface area contributed by atoms with Gasteiger partial charge < -0.3 is 20.7 Å². The number of rotatable bonds is 6. The summed E-state index contributed by atoms with van der Waals surface area (Å²) in [6, 6.07) is 5.31. The van der Waals surface area contributed by atoms with Crippen LogP contribution in [0.5, 0.6) is 5.75 Å². The summed E-state index contributed by atoms with van der Waals surface area (Å²) >= 11 is 0. The molecule has 0 saturated carbocycles. The van der Waals surface area contributed by atoms with Crippen molar-refractivity contribution >= 4 is 17.3 Å². The predicted octanol–water partition coefficient (Wildman–Crippen LogP) is 1.67. The van der Waals surface area contributed by atoms with Crippen molar-refractivity contribution in [2.24, 2.45) is 0 Å². The van der Waals surface area contributed by atoms with E-state index in [4.69, 9.17) is 4.74 Å². The van der Waals surface area contributed by atoms with Gasteiger partial charge in [0, 0.05) is 6.54 Å². The zero-order chi connectivity index (χ0) is 13.5. The van der Waals surface area contributed by atoms with E-state index in [1.807, 2.05) is 32.0 Å². The molecule has 1 amide bonds. The zero-order valence-corrected chi connectivity index (χ0v) is 11.3. The SMILES string of the molecule is CCNc1c(NC(=O)[C@@H](C)NC)cccc1OC. The molecule has 18 heavy (non-hydrogen) atoms. The number of para-hydroxylation sites is 1. The standard InChI is InChI=1S/C13H21N3O2/c1-5-15-12-10(7-6-8-11(12)18-4)16-13(17)9(2)14-3/h6-9,14-15H,5H2,1-4H3,(H,16,17)/t9-/m1/s1. The van der Waals surface area contributed by atoms with Crippen LogP contribution in [-0.4, -0.2) is 32.7 Å². The summed E-state index contributed by atoms with van der Waals surface area (Å²) in [4.78, 5) is 11.9. The van der Waals surface area contributed by atoms with Crippen LogP contribution in [0.4, 0.5) is 11.4 Å². The molecule has 0 bridgehead atoms. The van der Waals surface area contributed by atoms with Gasteiger partial charge in [0.25, 0.3) is 0 Å². The monoisotopic (exact) mass is 251 g/mol. The average molecular weight is 251 g/mol. The second kappa shape index (κ2) is 6.86. The molecule has 3 N–H and O–H groups in total. The maximum Gasteiger partial charge on any atom is 0.241 e. The van der Waals surface area contributed by atoms with E-state index in [1.165, 1.54) is 0 Å². The van der Waals surface area contributed by atoms with Gasteiger partial charge in [0.1, 0.15) is 11.4 Å². The fourth-order valence-corrected chi connectivity index (χ4v) is 1.54. The van der Waals surface area contributed by atoms with Gasteiger partial charge in [-0.15, -0.1) is 0 Å². The molecule has 0 aliphatic carbocycles. The number of benzene rings is 1. The van der Waals surface area contributed by atoms with Gasteiger partial charge in [-0.05, 0) is 33.0 Å². The Labute approximate surface area is 108 Å². The minimum absolute atomic E-state index is 0.0788. The second-order valence-corrected chi connectivity index (χ2v) is 3.91. The summed E-state index contributed by atoms with van der Waals surface area (Å²) in [5.74, 6) is 0.636. The number of likely N-dealkylation sites (N-methyl/N-ethyl adjacent to an activating group) is 1. The van der Waals surface area contributed by atoms with E-state index in [9.17, 15) is 4.79 Å². The molecule has 5 nitrogen and oxygen atoms in total. The Hall–Kier alpha value is -1.75. The van der Waals surface area contributed by atoms with Crippen LogP contribution in [0.25, 0.3) is 0 Å². The van der Waals surface area contributed by atoms with Gasteiger partial charge in [-0.25, -0.2) is 0 Å². The van der Waals surface area contributed by atoms with Crippen molar-refractivity contribution in [1.29, 1.82) is 0 Å². The third-order valence-electron chi connectivity index (χ3n) is 2.68. The molecule has 0 aromatic heterocycles. The fraction of sp³-hybridized carbons (Fsp3) is 0.462. The number of ether oxygens (including phenoxy) is 1. The summed E-state index contributed by atoms with van der Waals surface area (Å²) in [5, 5.41) is 8.98. The average Bonchev–Trinajstić information content (AvgIpc) is 2.39. The van der Waals surface area contributed by atoms with E-state index < -0.39 is 0 Å². The lowest BCUT2D eigenvalue weighted by Crippen LogP contribution is -2.35. The van der Waals surface area contributed by atoms with Crippen LogP contribution in [0.3, 0.4) is 0 Å². The summed E-state index contributed by atoms with van der Waals surface area (Å²) in [6.45, 7) is 4.56. The molecule has 0 saturated heterocycles. The molecule has 1 rings (SSSR count). The van der Waals surface area contributed by atoms with Gasteiger partial charge in [0.2, 0.25) is 5.91 Å². The normalized spacial score (nSPS) is 11.8. The maximum absolute atomic E-state index is 11.9. The first-order valence-electron chi connectivity index (χ1n) is 6.03. The summed E-state index contributed by atoms with van der Waals surface area (Å²) < 4.78 is 5.28. The largest absolute Gasteiger partial charge is 0.495 e. The van der Waals surface area contributed by atoms with E-state index in [-0.39, 0.29) is 11.9 Å². The Kier molecular flexibility index (Phi) is 5.45. The molecule has 5 heteroatoms. The van der Waals surface area contributed by atoms with Gasteiger partial charge in [0.15, 0.2) is 0 Å². The van der Waals surface area contributed by atoms with Crippen molar-refractivity contribution in [2.45, 2.75) is 19.9 Å². The van der Waals surface area contributed by atoms with Crippen LogP contribution in [0, 0.1) is 0 Å². The molecule has 0 heterocycles. The number of hydrogen-bond donors (Lipinski definition) is 3. The van der Waals surface area contributed by atoms with Gasteiger partial charge in [0.05, 0.1) is 18.8 Å². The number of anilines is 2. The quantitative estimate of drug-likeness (QED) is 0.720. The highest BCUT2D eigenvalue weighted by Crippen LogP contribution is 2.32. The molecule has 100 valence electrons. The summed E-state index contributed by atoms with van der Waals surface area (Å²) in [7, 11) is 3.36. The molecule has 0 aliphatic rings. The van der Waals surface area contributed by atoms with Crippen LogP contribution in [0.15, 0.2) is 18.2 Å². The minimum atomic E-state index is -0.245. The highest BCUT2D eigenvalue weighted by molar-refractivity contribution is 5.98. The fourth-order valence-electron chi connectivity index (χ4n) is 1.54. The third-order valence-corrected chi connectivity index (χ3v) is 2.68. The van der Waals surface area contributed by atoms with Crippen molar-refractivity contribution in [3.63, 3.8) is 0 Å². The molecule has 1 aromatic carbocycles. The molecule has 0 unspecified atom stereocenters. The van der Waals surface area contributed by atoms with E-state index in [0.29, 0.717) is 5.75 Å². The van der Waals surface area contributed by atoms with Gasteiger partial charge in [-0.2, -0.15) is 0 Å². The summed E-state index contributed by atoms with van der Waals surface area (Å²) in [5.41, 5.74) is 1.53. The van der Waals surface area contributed by atoms with E-state index in [0.717, 1.165) is 17.9 Å². The number of carbonyl (C=O) groups excluding carboxylic acids is 1. The first kappa shape index (κ1) is 14.3. The number of carbonyl (C=O) groups is 1. The smallest absolute Gasteiger partial charge is 0.241 e. The number of methoxy groups -OCH3 is 1. The topological polar surface area (TPSA) is 62.4 Å². The molecule has 0 radical (unpaired) electrons. The minimum Gasteiger partial charge on any atom is -0.495 e. The van der Waals surface area contributed by atoms with Crippen molar-refractivity contribution in [1.82, 2.24) is 5.32 Å². The van der Waals surface area contributed by atoms with E-state index in [1.54, 1.807) is 14.2 Å². The third kappa shape index (κ3) is 3.37. The van der Waals surface area contributed by atoms with Gasteiger partial charge >= 0.3 is 0 Å². The second-order valence-electron chi connectivity index (χ2n) is 3.91. The lowest BCUT2D eigenvalue weighted by atomic mass is 10.2. The number of hydrogen-bond acceptors (Lipinski definition) is 4. The Morgan fingerprint density at radius 2 is 2.17 bits per heavy atom. The molecule has 0 fully saturated rings. The lowest BCUT2D eigenvalue weighted by Gasteiger charge is -2.17. The Balaban J connectivity index is 2.97. The molecule has 1 aromatic rings. The van der Waals surface area contributed by atoms with Gasteiger partial charge in [-0.3, -0.25) is 4.79 Å². The Bertz CT molecular complexity index is 407. The van der Waals surface area contributed by atoms with Crippen molar-refractivity contribution in [3.8, 4) is 5.75 Å². The molecule has 0 spiro atoms. The molecule has 0 aliphatic heterocycles. The Morgan fingerprint density at radius 1 is 1.44 bits per heavy atom. The highest BCUT2D eigenvalue weighted by atomic mass is 16.5. The van der Waals surface area contributed by atoms with Crippen LogP contribution >= 0.6 is 0 Å². The van der Waals surface area contributed by atoms with E-state index >= 15 is 0 Å². The number of nitrogens with one attached hydrogen (secondary N) is 3. The van der Waals surface area contributed by atoms with Crippen molar-refractivity contribution < 1.29 is 9.53 Å². The first-order chi connectivity index (χ1) is 8.63. The first-order valence-corrected chi connectivity index (χ1v) is 6.03. The highest BCUT2D eigenvalue weighted by Gasteiger charge is 2.14. The molecular weight excluding hydrogens is 230 g/mol. The van der Waals surface area contributed by atoms with Crippen LogP contribution < -0.4 is 20.7 Å². The van der Waals surface area contributed by atoms with Crippen LogP contribution in [0.1, 0.15) is 13.8 Å². The van der Waals surface area contributed by atoms with Crippen molar-refractivity contribution in [2.75, 3.05) is 31.3 Å². The lowest BCUT2D eigenvalue weighted by molar-refractivity contribution is -0.117. The number of amides is 1. The van der Waals surface area contributed by atoms with Crippen molar-refractivity contribution in [3.05, 3.63) is 18.2 Å².